The molecule has 3 atom stereocenters. The van der Waals surface area contributed by atoms with E-state index in [4.69, 9.17) is 14.6 Å². The standard InChI is InChI=1S/C27H30N2O6/c1-2-3-12-24(25(30)28-14-18-13-17(15-34-18)26(31)32)29-27(33)35-16-23-21-10-6-4-8-19(21)20-9-5-7-11-22(20)23/h2,4-11,17-18,23-24H,1,3,12-16H2,(H,28,30)(H,29,33)(H,31,32)/t17-,18-,24?/m0/s1. The summed E-state index contributed by atoms with van der Waals surface area (Å²) in [6.45, 7) is 4.15. The number of hydrogen-bond acceptors (Lipinski definition) is 5. The molecule has 4 rings (SSSR count). The van der Waals surface area contributed by atoms with Crippen LogP contribution in [0.1, 0.15) is 36.3 Å². The molecule has 2 aromatic carbocycles. The Morgan fingerprint density at radius 2 is 1.77 bits per heavy atom. The molecule has 0 saturated carbocycles. The molecule has 1 saturated heterocycles. The van der Waals surface area contributed by atoms with Crippen molar-refractivity contribution in [3.05, 3.63) is 72.3 Å². The Labute approximate surface area is 204 Å². The lowest BCUT2D eigenvalue weighted by atomic mass is 9.98. The van der Waals surface area contributed by atoms with Crippen molar-refractivity contribution in [3.63, 3.8) is 0 Å². The first-order valence-corrected chi connectivity index (χ1v) is 11.8. The van der Waals surface area contributed by atoms with Gasteiger partial charge in [0.1, 0.15) is 12.6 Å². The maximum atomic E-state index is 12.8. The first-order valence-electron chi connectivity index (χ1n) is 11.8. The topological polar surface area (TPSA) is 114 Å². The van der Waals surface area contributed by atoms with E-state index in [0.717, 1.165) is 22.3 Å². The number of benzene rings is 2. The third-order valence-electron chi connectivity index (χ3n) is 6.55. The number of rotatable bonds is 10. The van der Waals surface area contributed by atoms with Crippen LogP contribution < -0.4 is 10.6 Å². The Morgan fingerprint density at radius 3 is 2.37 bits per heavy atom. The fourth-order valence-electron chi connectivity index (χ4n) is 4.69. The van der Waals surface area contributed by atoms with Gasteiger partial charge in [0, 0.05) is 12.5 Å². The smallest absolute Gasteiger partial charge is 0.407 e. The van der Waals surface area contributed by atoms with Crippen molar-refractivity contribution in [2.24, 2.45) is 5.92 Å². The first-order chi connectivity index (χ1) is 17.0. The molecule has 0 radical (unpaired) electrons. The van der Waals surface area contributed by atoms with Gasteiger partial charge >= 0.3 is 12.1 Å². The maximum absolute atomic E-state index is 12.8. The molecule has 0 bridgehead atoms. The molecular formula is C27H30N2O6. The highest BCUT2D eigenvalue weighted by Gasteiger charge is 2.32. The van der Waals surface area contributed by atoms with Crippen LogP contribution in [0.3, 0.4) is 0 Å². The minimum absolute atomic E-state index is 0.0738. The number of aliphatic carboxylic acids is 1. The summed E-state index contributed by atoms with van der Waals surface area (Å²) in [5, 5.41) is 14.5. The maximum Gasteiger partial charge on any atom is 0.407 e. The van der Waals surface area contributed by atoms with Gasteiger partial charge in [-0.15, -0.1) is 6.58 Å². The van der Waals surface area contributed by atoms with E-state index in [1.54, 1.807) is 6.08 Å². The van der Waals surface area contributed by atoms with Gasteiger partial charge in [0.15, 0.2) is 0 Å². The summed E-state index contributed by atoms with van der Waals surface area (Å²) in [5.74, 6) is -1.91. The SMILES string of the molecule is C=CCCC(NC(=O)OCC1c2ccccc2-c2ccccc21)C(=O)NC[C@@H]1C[C@H](C(=O)O)CO1. The van der Waals surface area contributed by atoms with E-state index in [2.05, 4.69) is 29.3 Å². The highest BCUT2D eigenvalue weighted by Crippen LogP contribution is 2.44. The van der Waals surface area contributed by atoms with E-state index in [-0.39, 0.29) is 37.7 Å². The van der Waals surface area contributed by atoms with Gasteiger partial charge < -0.3 is 25.2 Å². The summed E-state index contributed by atoms with van der Waals surface area (Å²) in [5.41, 5.74) is 4.50. The highest BCUT2D eigenvalue weighted by atomic mass is 16.5. The lowest BCUT2D eigenvalue weighted by Crippen LogP contribution is -2.48. The van der Waals surface area contributed by atoms with Crippen molar-refractivity contribution in [2.75, 3.05) is 19.8 Å². The Bertz CT molecular complexity index is 1060. The van der Waals surface area contributed by atoms with Gasteiger partial charge in [-0.3, -0.25) is 9.59 Å². The zero-order valence-electron chi connectivity index (χ0n) is 19.4. The van der Waals surface area contributed by atoms with Crippen molar-refractivity contribution < 1.29 is 29.0 Å². The molecule has 1 fully saturated rings. The number of carboxylic acids is 1. The van der Waals surface area contributed by atoms with Crippen molar-refractivity contribution in [3.8, 4) is 11.1 Å². The zero-order valence-corrected chi connectivity index (χ0v) is 19.4. The Kier molecular flexibility index (Phi) is 7.82. The molecule has 1 aliphatic carbocycles. The number of carbonyl (C=O) groups excluding carboxylic acids is 2. The van der Waals surface area contributed by atoms with E-state index in [1.165, 1.54) is 0 Å². The summed E-state index contributed by atoms with van der Waals surface area (Å²) >= 11 is 0. The van der Waals surface area contributed by atoms with Gasteiger partial charge in [0.05, 0.1) is 18.6 Å². The van der Waals surface area contributed by atoms with Gasteiger partial charge in [0.2, 0.25) is 5.91 Å². The van der Waals surface area contributed by atoms with Crippen LogP contribution in [0.15, 0.2) is 61.2 Å². The van der Waals surface area contributed by atoms with Crippen LogP contribution in [0.4, 0.5) is 4.79 Å². The Hall–Kier alpha value is -3.65. The van der Waals surface area contributed by atoms with Crippen molar-refractivity contribution in [1.29, 1.82) is 0 Å². The molecule has 1 heterocycles. The van der Waals surface area contributed by atoms with E-state index in [1.807, 2.05) is 36.4 Å². The van der Waals surface area contributed by atoms with E-state index in [9.17, 15) is 14.4 Å². The molecule has 1 aliphatic heterocycles. The van der Waals surface area contributed by atoms with Crippen LogP contribution in [0.5, 0.6) is 0 Å². The van der Waals surface area contributed by atoms with Gasteiger partial charge in [-0.05, 0) is 41.5 Å². The van der Waals surface area contributed by atoms with Crippen molar-refractivity contribution >= 4 is 18.0 Å². The number of amides is 2. The van der Waals surface area contributed by atoms with Gasteiger partial charge in [-0.1, -0.05) is 54.6 Å². The van der Waals surface area contributed by atoms with E-state index < -0.39 is 24.0 Å². The van der Waals surface area contributed by atoms with Crippen LogP contribution >= 0.6 is 0 Å². The third-order valence-corrected chi connectivity index (χ3v) is 6.55. The molecule has 184 valence electrons. The summed E-state index contributed by atoms with van der Waals surface area (Å²) < 4.78 is 11.0. The second-order valence-corrected chi connectivity index (χ2v) is 8.86. The normalized spacial score (nSPS) is 19.3. The Balaban J connectivity index is 1.33. The predicted molar refractivity (Wildman–Crippen MR) is 130 cm³/mol. The lowest BCUT2D eigenvalue weighted by Gasteiger charge is -2.20. The molecule has 3 N–H and O–H groups in total. The monoisotopic (exact) mass is 478 g/mol. The number of hydrogen-bond donors (Lipinski definition) is 3. The molecule has 2 aliphatic rings. The first kappa shape index (κ1) is 24.5. The van der Waals surface area contributed by atoms with Crippen LogP contribution in [0, 0.1) is 5.92 Å². The number of ether oxygens (including phenoxy) is 2. The largest absolute Gasteiger partial charge is 0.481 e. The molecule has 1 unspecified atom stereocenters. The second-order valence-electron chi connectivity index (χ2n) is 8.86. The van der Waals surface area contributed by atoms with Crippen molar-refractivity contribution in [2.45, 2.75) is 37.3 Å². The van der Waals surface area contributed by atoms with Gasteiger partial charge in [-0.2, -0.15) is 0 Å². The third kappa shape index (κ3) is 5.71. The molecule has 2 amide bonds. The molecule has 0 aromatic heterocycles. The Morgan fingerprint density at radius 1 is 1.11 bits per heavy atom. The quantitative estimate of drug-likeness (QED) is 0.451. The summed E-state index contributed by atoms with van der Waals surface area (Å²) in [4.78, 5) is 36.5. The number of carbonyl (C=O) groups is 3. The number of carboxylic acid groups (broad SMARTS) is 1. The summed E-state index contributed by atoms with van der Waals surface area (Å²) in [6.07, 6.45) is 1.88. The molecule has 35 heavy (non-hydrogen) atoms. The van der Waals surface area contributed by atoms with E-state index >= 15 is 0 Å². The molecule has 8 heteroatoms. The molecule has 2 aromatic rings. The molecule has 0 spiro atoms. The number of fused-ring (bicyclic) bond motifs is 3. The fourth-order valence-corrected chi connectivity index (χ4v) is 4.69. The highest BCUT2D eigenvalue weighted by molar-refractivity contribution is 5.85. The van der Waals surface area contributed by atoms with Crippen LogP contribution in [-0.2, 0) is 19.1 Å². The molecule has 8 nitrogen and oxygen atoms in total. The number of allylic oxidation sites excluding steroid dienone is 1. The van der Waals surface area contributed by atoms with E-state index in [0.29, 0.717) is 19.3 Å². The second kappa shape index (κ2) is 11.2. The predicted octanol–water partition coefficient (Wildman–Crippen LogP) is 3.47. The van der Waals surface area contributed by atoms with Crippen LogP contribution in [0.2, 0.25) is 0 Å². The zero-order chi connectivity index (χ0) is 24.8. The average Bonchev–Trinajstić information content (AvgIpc) is 3.47. The van der Waals surface area contributed by atoms with Crippen molar-refractivity contribution in [1.82, 2.24) is 10.6 Å². The van der Waals surface area contributed by atoms with Gasteiger partial charge in [-0.25, -0.2) is 4.79 Å². The minimum atomic E-state index is -0.903. The van der Waals surface area contributed by atoms with Crippen LogP contribution in [-0.4, -0.2) is 55.0 Å². The lowest BCUT2D eigenvalue weighted by molar-refractivity contribution is -0.141. The van der Waals surface area contributed by atoms with Gasteiger partial charge in [0.25, 0.3) is 0 Å². The minimum Gasteiger partial charge on any atom is -0.481 e. The summed E-state index contributed by atoms with van der Waals surface area (Å²) in [7, 11) is 0. The number of nitrogens with one attached hydrogen (secondary N) is 2. The summed E-state index contributed by atoms with van der Waals surface area (Å²) in [6, 6.07) is 15.3. The average molecular weight is 479 g/mol. The van der Waals surface area contributed by atoms with Crippen LogP contribution in [0.25, 0.3) is 11.1 Å². The molecular weight excluding hydrogens is 448 g/mol. The fraction of sp³-hybridized carbons (Fsp3) is 0.370. The number of alkyl carbamates (subject to hydrolysis) is 1.